The molecular formula is C26H20F2N8O5. The number of carbonyl (C=O) groups is 3. The van der Waals surface area contributed by atoms with Gasteiger partial charge < -0.3 is 20.8 Å². The van der Waals surface area contributed by atoms with Crippen LogP contribution in [0.3, 0.4) is 0 Å². The number of carboxylic acids is 2. The highest BCUT2D eigenvalue weighted by Crippen LogP contribution is 2.24. The van der Waals surface area contributed by atoms with Gasteiger partial charge in [0.15, 0.2) is 0 Å². The molecule has 1 amide bonds. The van der Waals surface area contributed by atoms with E-state index in [0.29, 0.717) is 6.54 Å². The first-order chi connectivity index (χ1) is 19.6. The van der Waals surface area contributed by atoms with Crippen molar-refractivity contribution >= 4 is 29.2 Å². The van der Waals surface area contributed by atoms with E-state index in [1.165, 1.54) is 36.7 Å². The molecule has 0 atom stereocenters. The van der Waals surface area contributed by atoms with Crippen molar-refractivity contribution in [3.63, 3.8) is 0 Å². The van der Waals surface area contributed by atoms with Crippen molar-refractivity contribution in [2.75, 3.05) is 11.9 Å². The Morgan fingerprint density at radius 2 is 1.63 bits per heavy atom. The lowest BCUT2D eigenvalue weighted by Gasteiger charge is -2.09. The van der Waals surface area contributed by atoms with Crippen molar-refractivity contribution in [3.8, 4) is 17.1 Å². The fourth-order valence-electron chi connectivity index (χ4n) is 3.64. The Hall–Kier alpha value is -5.86. The van der Waals surface area contributed by atoms with E-state index in [2.05, 4.69) is 31.0 Å². The van der Waals surface area contributed by atoms with Gasteiger partial charge in [-0.2, -0.15) is 5.11 Å². The van der Waals surface area contributed by atoms with E-state index in [9.17, 15) is 28.3 Å². The molecule has 0 saturated carbocycles. The number of carbonyl (C=O) groups excluding carboxylic acids is 1. The largest absolute Gasteiger partial charge is 0.478 e. The van der Waals surface area contributed by atoms with Crippen LogP contribution in [0.5, 0.6) is 0 Å². The minimum Gasteiger partial charge on any atom is -0.478 e. The van der Waals surface area contributed by atoms with Gasteiger partial charge in [0.1, 0.15) is 23.0 Å². The van der Waals surface area contributed by atoms with Crippen LogP contribution >= 0.6 is 0 Å². The second kappa shape index (κ2) is 11.9. The van der Waals surface area contributed by atoms with Crippen molar-refractivity contribution in [2.45, 2.75) is 6.92 Å². The average Bonchev–Trinajstić information content (AvgIpc) is 3.43. The number of aromatic nitrogens is 4. The molecule has 41 heavy (non-hydrogen) atoms. The molecule has 0 bridgehead atoms. The van der Waals surface area contributed by atoms with Gasteiger partial charge in [-0.1, -0.05) is 5.21 Å². The van der Waals surface area contributed by atoms with Crippen LogP contribution in [0.2, 0.25) is 0 Å². The summed E-state index contributed by atoms with van der Waals surface area (Å²) in [5, 5.41) is 35.1. The minimum absolute atomic E-state index is 0.0228. The number of rotatable bonds is 10. The van der Waals surface area contributed by atoms with Crippen LogP contribution in [0.25, 0.3) is 22.8 Å². The van der Waals surface area contributed by atoms with Crippen LogP contribution in [0, 0.1) is 17.2 Å². The fourth-order valence-corrected chi connectivity index (χ4v) is 3.64. The zero-order chi connectivity index (χ0) is 29.7. The summed E-state index contributed by atoms with van der Waals surface area (Å²) in [4.78, 5) is 39.7. The van der Waals surface area contributed by atoms with Gasteiger partial charge in [-0.15, -0.1) is 5.10 Å². The monoisotopic (exact) mass is 562 g/mol. The van der Waals surface area contributed by atoms with Gasteiger partial charge >= 0.3 is 11.9 Å². The highest BCUT2D eigenvalue weighted by atomic mass is 19.1. The fraction of sp³-hybridized carbons (Fsp3) is 0.0769. The predicted molar refractivity (Wildman–Crippen MR) is 140 cm³/mol. The highest BCUT2D eigenvalue weighted by molar-refractivity contribution is 5.96. The van der Waals surface area contributed by atoms with E-state index in [-0.39, 0.29) is 50.8 Å². The first-order valence-corrected chi connectivity index (χ1v) is 11.7. The molecule has 0 aliphatic carbocycles. The zero-order valence-electron chi connectivity index (χ0n) is 21.1. The maximum atomic E-state index is 14.0. The molecule has 0 spiro atoms. The number of benzene rings is 2. The van der Waals surface area contributed by atoms with Crippen LogP contribution < -0.4 is 10.6 Å². The Morgan fingerprint density at radius 3 is 2.29 bits per heavy atom. The number of aromatic carboxylic acids is 2. The van der Waals surface area contributed by atoms with E-state index in [4.69, 9.17) is 10.6 Å². The number of hydrogen-bond donors (Lipinski definition) is 5. The summed E-state index contributed by atoms with van der Waals surface area (Å²) in [5.74, 6) is -4.76. The molecule has 4 aromatic rings. The molecule has 208 valence electrons. The number of pyridine rings is 1. The molecule has 4 rings (SSSR count). The van der Waals surface area contributed by atoms with Gasteiger partial charge in [-0.25, -0.2) is 33.6 Å². The summed E-state index contributed by atoms with van der Waals surface area (Å²) >= 11 is 0. The topological polar surface area (TPSA) is 196 Å². The first-order valence-electron chi connectivity index (χ1n) is 11.7. The normalized spacial score (nSPS) is 11.1. The van der Waals surface area contributed by atoms with Gasteiger partial charge in [-0.3, -0.25) is 4.79 Å². The lowest BCUT2D eigenvalue weighted by atomic mass is 10.1. The summed E-state index contributed by atoms with van der Waals surface area (Å²) in [5.41, 5.74) is 7.42. The zero-order valence-corrected chi connectivity index (χ0v) is 21.1. The average molecular weight is 562 g/mol. The van der Waals surface area contributed by atoms with Crippen molar-refractivity contribution in [2.24, 2.45) is 5.11 Å². The van der Waals surface area contributed by atoms with E-state index in [1.54, 1.807) is 6.92 Å². The number of nitrogens with one attached hydrogen (secondary N) is 3. The second-order valence-corrected chi connectivity index (χ2v) is 8.36. The number of carboxylic acid groups (broad SMARTS) is 2. The molecular weight excluding hydrogens is 542 g/mol. The molecule has 0 aliphatic rings. The summed E-state index contributed by atoms with van der Waals surface area (Å²) in [7, 11) is 0. The minimum atomic E-state index is -1.34. The Kier molecular flexibility index (Phi) is 8.17. The first kappa shape index (κ1) is 28.2. The molecule has 0 fully saturated rings. The molecule has 2 heterocycles. The van der Waals surface area contributed by atoms with Gasteiger partial charge in [-0.05, 0) is 55.5 Å². The Labute approximate surface area is 229 Å². The molecule has 0 saturated heterocycles. The third-order valence-corrected chi connectivity index (χ3v) is 5.48. The summed E-state index contributed by atoms with van der Waals surface area (Å²) < 4.78 is 29.0. The molecule has 0 radical (unpaired) electrons. The third-order valence-electron chi connectivity index (χ3n) is 5.48. The van der Waals surface area contributed by atoms with E-state index >= 15 is 0 Å². The van der Waals surface area contributed by atoms with Crippen molar-refractivity contribution in [1.82, 2.24) is 25.3 Å². The maximum absolute atomic E-state index is 14.0. The molecule has 2 aromatic carbocycles. The molecule has 13 nitrogen and oxygen atoms in total. The number of anilines is 1. The standard InChI is InChI=1S/C26H20F2N8O5/c1-2-30-24(37)13-7-20(22(33-29)11-31-18-5-14(25(38)39)3-16(27)9-18)32-21(8-13)23-12-36(35-34-23)19-6-15(26(40)41)4-17(28)10-19/h3-12,29,31H,2H2,1H3,(H,30,37)(H,38,39)(H,40,41)/b22-11-,33-29?. The summed E-state index contributed by atoms with van der Waals surface area (Å²) in [6.45, 7) is 2.03. The van der Waals surface area contributed by atoms with Crippen LogP contribution in [0.1, 0.15) is 43.7 Å². The Morgan fingerprint density at radius 1 is 0.951 bits per heavy atom. The van der Waals surface area contributed by atoms with Gasteiger partial charge in [0.05, 0.1) is 34.4 Å². The van der Waals surface area contributed by atoms with Gasteiger partial charge in [0.25, 0.3) is 5.91 Å². The van der Waals surface area contributed by atoms with E-state index in [0.717, 1.165) is 28.9 Å². The van der Waals surface area contributed by atoms with Crippen LogP contribution in [0.15, 0.2) is 66.0 Å². The lowest BCUT2D eigenvalue weighted by Crippen LogP contribution is -2.23. The third kappa shape index (κ3) is 6.59. The Balaban J connectivity index is 1.76. The van der Waals surface area contributed by atoms with Crippen molar-refractivity contribution < 1.29 is 33.4 Å². The highest BCUT2D eigenvalue weighted by Gasteiger charge is 2.17. The number of halogens is 2. The molecule has 5 N–H and O–H groups in total. The lowest BCUT2D eigenvalue weighted by molar-refractivity contribution is 0.0685. The predicted octanol–water partition coefficient (Wildman–Crippen LogP) is 4.20. The number of hydrogen-bond acceptors (Lipinski definition) is 9. The molecule has 2 aromatic heterocycles. The molecule has 0 unspecified atom stereocenters. The molecule has 0 aliphatic heterocycles. The number of nitrogens with zero attached hydrogens (tertiary/aromatic N) is 5. The smallest absolute Gasteiger partial charge is 0.335 e. The maximum Gasteiger partial charge on any atom is 0.335 e. The quantitative estimate of drug-likeness (QED) is 0.176. The summed E-state index contributed by atoms with van der Waals surface area (Å²) in [6, 6.07) is 8.91. The van der Waals surface area contributed by atoms with Crippen molar-refractivity contribution in [1.29, 1.82) is 5.53 Å². The number of amides is 1. The van der Waals surface area contributed by atoms with E-state index < -0.39 is 29.5 Å². The SMILES string of the molecule is CCNC(=O)c1cc(/C(=C/Nc2cc(F)cc(C(=O)O)c2)N=N)nc(-c2cn(-c3cc(F)cc(C(=O)O)c3)nn2)c1. The van der Waals surface area contributed by atoms with Crippen LogP contribution in [0.4, 0.5) is 14.5 Å². The molecule has 15 heteroatoms. The van der Waals surface area contributed by atoms with Gasteiger partial charge in [0.2, 0.25) is 0 Å². The second-order valence-electron chi connectivity index (χ2n) is 8.36. The van der Waals surface area contributed by atoms with Crippen LogP contribution in [-0.2, 0) is 0 Å². The van der Waals surface area contributed by atoms with Crippen molar-refractivity contribution in [3.05, 3.63) is 94.9 Å². The van der Waals surface area contributed by atoms with Gasteiger partial charge in [0, 0.05) is 24.0 Å². The summed E-state index contributed by atoms with van der Waals surface area (Å²) in [6.07, 6.45) is 2.52. The Bertz CT molecular complexity index is 1720. The van der Waals surface area contributed by atoms with E-state index in [1.807, 2.05) is 0 Å². The van der Waals surface area contributed by atoms with Crippen LogP contribution in [-0.4, -0.2) is 54.6 Å².